The zero-order chi connectivity index (χ0) is 11.0. The van der Waals surface area contributed by atoms with Gasteiger partial charge in [-0.05, 0) is 20.3 Å². The van der Waals surface area contributed by atoms with Crippen molar-refractivity contribution in [3.63, 3.8) is 0 Å². The van der Waals surface area contributed by atoms with Crippen molar-refractivity contribution < 1.29 is 9.59 Å². The Hall–Kier alpha value is -0.883. The van der Waals surface area contributed by atoms with Gasteiger partial charge in [-0.25, -0.2) is 0 Å². The minimum absolute atomic E-state index is 0.0195. The fraction of sp³-hybridized carbons (Fsp3) is 0.636. The van der Waals surface area contributed by atoms with Crippen LogP contribution in [0, 0.1) is 11.5 Å². The van der Waals surface area contributed by atoms with E-state index in [-0.39, 0.29) is 17.1 Å². The van der Waals surface area contributed by atoms with Crippen LogP contribution in [0.5, 0.6) is 0 Å². The van der Waals surface area contributed by atoms with Crippen LogP contribution in [0.4, 0.5) is 0 Å². The van der Waals surface area contributed by atoms with Crippen molar-refractivity contribution in [3.05, 3.63) is 0 Å². The van der Waals surface area contributed by atoms with Crippen molar-refractivity contribution in [2.24, 2.45) is 0 Å². The normalized spacial score (nSPS) is 10.3. The molecule has 0 fully saturated rings. The van der Waals surface area contributed by atoms with Crippen LogP contribution in [0.3, 0.4) is 0 Å². The SMILES string of the molecule is CCCCC#C[SiH2]C(C(C)=O)C(C)=O. The second-order valence-corrected chi connectivity index (χ2v) is 5.01. The fourth-order valence-electron chi connectivity index (χ4n) is 1.10. The number of rotatable bonds is 5. The highest BCUT2D eigenvalue weighted by Gasteiger charge is 2.18. The zero-order valence-electron chi connectivity index (χ0n) is 9.22. The Morgan fingerprint density at radius 3 is 2.29 bits per heavy atom. The Morgan fingerprint density at radius 1 is 1.29 bits per heavy atom. The van der Waals surface area contributed by atoms with Crippen LogP contribution < -0.4 is 0 Å². The van der Waals surface area contributed by atoms with Crippen molar-refractivity contribution in [1.82, 2.24) is 0 Å². The first-order valence-electron chi connectivity index (χ1n) is 5.06. The number of carbonyl (C=O) groups is 2. The minimum Gasteiger partial charge on any atom is -0.300 e. The topological polar surface area (TPSA) is 34.1 Å². The maximum atomic E-state index is 11.1. The lowest BCUT2D eigenvalue weighted by Gasteiger charge is -2.03. The van der Waals surface area contributed by atoms with Gasteiger partial charge in [-0.2, -0.15) is 0 Å². The molecular weight excluding hydrogens is 192 g/mol. The summed E-state index contributed by atoms with van der Waals surface area (Å²) in [6, 6.07) is 0. The van der Waals surface area contributed by atoms with Crippen LogP contribution in [0.1, 0.15) is 40.0 Å². The molecule has 0 radical (unpaired) electrons. The van der Waals surface area contributed by atoms with Crippen molar-refractivity contribution >= 4 is 21.1 Å². The molecule has 0 bridgehead atoms. The molecule has 0 N–H and O–H groups in total. The summed E-state index contributed by atoms with van der Waals surface area (Å²) >= 11 is 0. The number of Topliss-reactive ketones (excluding diaryl/α,β-unsaturated/α-hetero) is 2. The Balaban J connectivity index is 3.98. The van der Waals surface area contributed by atoms with E-state index in [0.717, 1.165) is 19.3 Å². The third kappa shape index (κ3) is 5.71. The molecule has 0 aliphatic rings. The van der Waals surface area contributed by atoms with Gasteiger partial charge in [-0.3, -0.25) is 9.59 Å². The summed E-state index contributed by atoms with van der Waals surface area (Å²) in [6.07, 6.45) is 3.14. The highest BCUT2D eigenvalue weighted by molar-refractivity contribution is 6.58. The van der Waals surface area contributed by atoms with Gasteiger partial charge in [0.25, 0.3) is 0 Å². The number of carbonyl (C=O) groups excluding carboxylic acids is 2. The number of unbranched alkanes of at least 4 members (excludes halogenated alkanes) is 2. The van der Waals surface area contributed by atoms with Gasteiger partial charge in [0.1, 0.15) is 21.1 Å². The standard InChI is InChI=1S/C11H18O2Si/c1-4-5-6-7-8-14-11(9(2)12)10(3)13/h11H,4-6,14H2,1-3H3. The molecule has 0 saturated carbocycles. The van der Waals surface area contributed by atoms with Gasteiger partial charge >= 0.3 is 0 Å². The summed E-state index contributed by atoms with van der Waals surface area (Å²) in [6.45, 7) is 5.08. The zero-order valence-corrected chi connectivity index (χ0v) is 10.6. The van der Waals surface area contributed by atoms with Crippen LogP contribution in [0.15, 0.2) is 0 Å². The Labute approximate surface area is 88.3 Å². The predicted octanol–water partition coefficient (Wildman–Crippen LogP) is 1.27. The summed E-state index contributed by atoms with van der Waals surface area (Å²) in [5.41, 5.74) is 2.66. The predicted molar refractivity (Wildman–Crippen MR) is 61.0 cm³/mol. The quantitative estimate of drug-likeness (QED) is 0.296. The largest absolute Gasteiger partial charge is 0.300 e. The van der Waals surface area contributed by atoms with Crippen LogP contribution in [-0.2, 0) is 9.59 Å². The molecule has 0 aliphatic heterocycles. The average Bonchev–Trinajstić information content (AvgIpc) is 2.09. The first-order valence-corrected chi connectivity index (χ1v) is 6.58. The van der Waals surface area contributed by atoms with Gasteiger partial charge in [-0.1, -0.05) is 13.3 Å². The molecule has 0 atom stereocenters. The van der Waals surface area contributed by atoms with E-state index >= 15 is 0 Å². The Kier molecular flexibility index (Phi) is 7.04. The van der Waals surface area contributed by atoms with Crippen LogP contribution >= 0.6 is 0 Å². The van der Waals surface area contributed by atoms with Crippen molar-refractivity contribution in [3.8, 4) is 11.5 Å². The van der Waals surface area contributed by atoms with Crippen LogP contribution in [-0.4, -0.2) is 21.1 Å². The van der Waals surface area contributed by atoms with Gasteiger partial charge in [0.15, 0.2) is 0 Å². The summed E-state index contributed by atoms with van der Waals surface area (Å²) in [4.78, 5) is 22.1. The lowest BCUT2D eigenvalue weighted by Crippen LogP contribution is -2.18. The summed E-state index contributed by atoms with van der Waals surface area (Å²) in [7, 11) is -0.858. The van der Waals surface area contributed by atoms with E-state index in [1.807, 2.05) is 0 Å². The van der Waals surface area contributed by atoms with E-state index in [9.17, 15) is 9.59 Å². The number of ketones is 2. The molecule has 78 valence electrons. The van der Waals surface area contributed by atoms with E-state index in [1.54, 1.807) is 0 Å². The van der Waals surface area contributed by atoms with Gasteiger partial charge < -0.3 is 0 Å². The molecule has 0 aromatic rings. The van der Waals surface area contributed by atoms with E-state index in [2.05, 4.69) is 18.4 Å². The summed E-state index contributed by atoms with van der Waals surface area (Å²) in [5.74, 6) is 2.99. The maximum Gasteiger partial charge on any atom is 0.137 e. The Morgan fingerprint density at radius 2 is 1.86 bits per heavy atom. The fourth-order valence-corrected chi connectivity index (χ4v) is 2.20. The third-order valence-electron chi connectivity index (χ3n) is 2.07. The molecule has 0 aromatic heterocycles. The molecule has 3 heteroatoms. The highest BCUT2D eigenvalue weighted by Crippen LogP contribution is 2.05. The van der Waals surface area contributed by atoms with Gasteiger partial charge in [0.05, 0.1) is 5.54 Å². The third-order valence-corrected chi connectivity index (χ3v) is 4.08. The summed E-state index contributed by atoms with van der Waals surface area (Å²) < 4.78 is 0. The van der Waals surface area contributed by atoms with Gasteiger partial charge in [-0.15, -0.1) is 11.5 Å². The lowest BCUT2D eigenvalue weighted by molar-refractivity contribution is -0.124. The first-order chi connectivity index (χ1) is 6.59. The second kappa shape index (κ2) is 7.51. The van der Waals surface area contributed by atoms with Crippen molar-refractivity contribution in [2.45, 2.75) is 45.6 Å². The molecule has 0 aromatic carbocycles. The smallest absolute Gasteiger partial charge is 0.137 e. The number of hydrogen-bond acceptors (Lipinski definition) is 2. The monoisotopic (exact) mass is 210 g/mol. The molecule has 0 aliphatic carbocycles. The molecule has 0 saturated heterocycles. The minimum atomic E-state index is -0.858. The molecule has 14 heavy (non-hydrogen) atoms. The first kappa shape index (κ1) is 13.1. The van der Waals surface area contributed by atoms with Crippen molar-refractivity contribution in [2.75, 3.05) is 0 Å². The van der Waals surface area contributed by atoms with E-state index in [4.69, 9.17) is 0 Å². The molecule has 0 heterocycles. The van der Waals surface area contributed by atoms with E-state index < -0.39 is 9.52 Å². The highest BCUT2D eigenvalue weighted by atomic mass is 28.2. The van der Waals surface area contributed by atoms with Crippen LogP contribution in [0.2, 0.25) is 5.54 Å². The molecule has 0 unspecified atom stereocenters. The molecule has 2 nitrogen and oxygen atoms in total. The maximum absolute atomic E-state index is 11.1. The number of hydrogen-bond donors (Lipinski definition) is 0. The molecule has 0 spiro atoms. The molecule has 0 amide bonds. The van der Waals surface area contributed by atoms with Crippen LogP contribution in [0.25, 0.3) is 0 Å². The van der Waals surface area contributed by atoms with E-state index in [0.29, 0.717) is 0 Å². The lowest BCUT2D eigenvalue weighted by atomic mass is 10.2. The van der Waals surface area contributed by atoms with Crippen molar-refractivity contribution in [1.29, 1.82) is 0 Å². The van der Waals surface area contributed by atoms with Gasteiger partial charge in [0.2, 0.25) is 0 Å². The second-order valence-electron chi connectivity index (χ2n) is 3.44. The Bertz CT molecular complexity index is 246. The van der Waals surface area contributed by atoms with E-state index in [1.165, 1.54) is 13.8 Å². The molecule has 0 rings (SSSR count). The van der Waals surface area contributed by atoms with Gasteiger partial charge in [0, 0.05) is 6.42 Å². The summed E-state index contributed by atoms with van der Waals surface area (Å²) in [5, 5.41) is 0. The molecular formula is C11H18O2Si. The average molecular weight is 210 g/mol.